The second kappa shape index (κ2) is 7.52. The van der Waals surface area contributed by atoms with Crippen molar-refractivity contribution in [2.24, 2.45) is 0 Å². The van der Waals surface area contributed by atoms with E-state index in [1.54, 1.807) is 0 Å². The Kier molecular flexibility index (Phi) is 5.19. The number of hydrogen-bond donors (Lipinski definition) is 1. The number of hydrogen-bond acceptors (Lipinski definition) is 2. The first-order chi connectivity index (χ1) is 11.6. The number of amides is 1. The Labute approximate surface area is 144 Å². The fourth-order valence-corrected chi connectivity index (χ4v) is 3.32. The lowest BCUT2D eigenvalue weighted by Crippen LogP contribution is -2.29. The Bertz CT molecular complexity index is 700. The Hall–Kier alpha value is -2.29. The second-order valence-corrected chi connectivity index (χ2v) is 6.72. The average molecular weight is 322 g/mol. The number of nitrogens with one attached hydrogen (secondary N) is 1. The summed E-state index contributed by atoms with van der Waals surface area (Å²) in [6, 6.07) is 14.5. The molecule has 3 nitrogen and oxygen atoms in total. The van der Waals surface area contributed by atoms with E-state index in [1.807, 2.05) is 32.0 Å². The number of anilines is 1. The molecule has 1 heterocycles. The maximum absolute atomic E-state index is 12.3. The quantitative estimate of drug-likeness (QED) is 0.914. The van der Waals surface area contributed by atoms with Crippen LogP contribution in [0.4, 0.5) is 5.69 Å². The van der Waals surface area contributed by atoms with Crippen LogP contribution in [0.15, 0.2) is 42.5 Å². The van der Waals surface area contributed by atoms with Gasteiger partial charge in [-0.3, -0.25) is 4.79 Å². The molecule has 0 bridgehead atoms. The first-order valence-corrected chi connectivity index (χ1v) is 8.83. The molecule has 3 heteroatoms. The summed E-state index contributed by atoms with van der Waals surface area (Å²) in [4.78, 5) is 14.8. The van der Waals surface area contributed by atoms with E-state index in [0.29, 0.717) is 6.54 Å². The van der Waals surface area contributed by atoms with Gasteiger partial charge in [-0.1, -0.05) is 29.8 Å². The standard InChI is InChI=1S/C21H26N2O/c1-16-6-11-20(17(2)14-16)21(24)22-15-18-7-9-19(10-8-18)23-12-4-3-5-13-23/h6-11,14H,3-5,12-13,15H2,1-2H3,(H,22,24). The maximum atomic E-state index is 12.3. The summed E-state index contributed by atoms with van der Waals surface area (Å²) in [6.45, 7) is 6.89. The number of carbonyl (C=O) groups excluding carboxylic acids is 1. The average Bonchev–Trinajstić information content (AvgIpc) is 2.61. The summed E-state index contributed by atoms with van der Waals surface area (Å²) >= 11 is 0. The van der Waals surface area contributed by atoms with Crippen molar-refractivity contribution in [1.29, 1.82) is 0 Å². The van der Waals surface area contributed by atoms with Gasteiger partial charge in [-0.25, -0.2) is 0 Å². The minimum Gasteiger partial charge on any atom is -0.372 e. The molecule has 1 aliphatic rings. The van der Waals surface area contributed by atoms with Gasteiger partial charge in [-0.05, 0) is 62.4 Å². The maximum Gasteiger partial charge on any atom is 0.251 e. The van der Waals surface area contributed by atoms with Gasteiger partial charge in [0.05, 0.1) is 0 Å². The summed E-state index contributed by atoms with van der Waals surface area (Å²) in [7, 11) is 0. The van der Waals surface area contributed by atoms with Crippen LogP contribution in [-0.4, -0.2) is 19.0 Å². The molecule has 24 heavy (non-hydrogen) atoms. The third kappa shape index (κ3) is 3.97. The molecule has 2 aromatic rings. The normalized spacial score (nSPS) is 14.5. The number of nitrogens with zero attached hydrogens (tertiary/aromatic N) is 1. The van der Waals surface area contributed by atoms with Gasteiger partial charge in [-0.2, -0.15) is 0 Å². The van der Waals surface area contributed by atoms with Crippen LogP contribution in [0, 0.1) is 13.8 Å². The minimum absolute atomic E-state index is 0.00685. The smallest absolute Gasteiger partial charge is 0.251 e. The highest BCUT2D eigenvalue weighted by atomic mass is 16.1. The third-order valence-corrected chi connectivity index (χ3v) is 4.74. The summed E-state index contributed by atoms with van der Waals surface area (Å²) < 4.78 is 0. The first kappa shape index (κ1) is 16.6. The molecule has 0 atom stereocenters. The molecule has 3 rings (SSSR count). The molecule has 1 N–H and O–H groups in total. The van der Waals surface area contributed by atoms with Crippen LogP contribution in [0.5, 0.6) is 0 Å². The van der Waals surface area contributed by atoms with Crippen molar-refractivity contribution in [2.45, 2.75) is 39.7 Å². The van der Waals surface area contributed by atoms with Gasteiger partial charge in [0.1, 0.15) is 0 Å². The molecule has 0 spiro atoms. The Morgan fingerprint density at radius 3 is 2.38 bits per heavy atom. The van der Waals surface area contributed by atoms with Gasteiger partial charge in [0, 0.05) is 30.9 Å². The number of benzene rings is 2. The van der Waals surface area contributed by atoms with E-state index in [1.165, 1.54) is 30.5 Å². The molecular weight excluding hydrogens is 296 g/mol. The third-order valence-electron chi connectivity index (χ3n) is 4.74. The highest BCUT2D eigenvalue weighted by Crippen LogP contribution is 2.20. The topological polar surface area (TPSA) is 32.3 Å². The van der Waals surface area contributed by atoms with Crippen LogP contribution in [0.2, 0.25) is 0 Å². The Morgan fingerprint density at radius 1 is 1.00 bits per heavy atom. The highest BCUT2D eigenvalue weighted by Gasteiger charge is 2.11. The van der Waals surface area contributed by atoms with Crippen molar-refractivity contribution < 1.29 is 4.79 Å². The van der Waals surface area contributed by atoms with Crippen molar-refractivity contribution >= 4 is 11.6 Å². The van der Waals surface area contributed by atoms with Crippen molar-refractivity contribution in [3.8, 4) is 0 Å². The number of aryl methyl sites for hydroxylation is 2. The van der Waals surface area contributed by atoms with Crippen LogP contribution >= 0.6 is 0 Å². The fourth-order valence-electron chi connectivity index (χ4n) is 3.32. The first-order valence-electron chi connectivity index (χ1n) is 8.83. The van der Waals surface area contributed by atoms with Crippen LogP contribution < -0.4 is 10.2 Å². The van der Waals surface area contributed by atoms with Crippen molar-refractivity contribution in [1.82, 2.24) is 5.32 Å². The van der Waals surface area contributed by atoms with Crippen LogP contribution in [-0.2, 0) is 6.54 Å². The largest absolute Gasteiger partial charge is 0.372 e. The molecule has 0 aromatic heterocycles. The molecule has 1 saturated heterocycles. The van der Waals surface area contributed by atoms with Gasteiger partial charge in [-0.15, -0.1) is 0 Å². The van der Waals surface area contributed by atoms with Gasteiger partial charge in [0.15, 0.2) is 0 Å². The van der Waals surface area contributed by atoms with Gasteiger partial charge in [0.25, 0.3) is 5.91 Å². The molecule has 0 aliphatic carbocycles. The van der Waals surface area contributed by atoms with E-state index < -0.39 is 0 Å². The lowest BCUT2D eigenvalue weighted by atomic mass is 10.1. The minimum atomic E-state index is -0.00685. The number of carbonyl (C=O) groups is 1. The summed E-state index contributed by atoms with van der Waals surface area (Å²) in [5.74, 6) is -0.00685. The van der Waals surface area contributed by atoms with Crippen molar-refractivity contribution in [3.63, 3.8) is 0 Å². The molecule has 1 fully saturated rings. The van der Waals surface area contributed by atoms with E-state index in [0.717, 1.165) is 29.8 Å². The van der Waals surface area contributed by atoms with Crippen molar-refractivity contribution in [2.75, 3.05) is 18.0 Å². The predicted molar refractivity (Wildman–Crippen MR) is 99.6 cm³/mol. The fraction of sp³-hybridized carbons (Fsp3) is 0.381. The molecule has 126 valence electrons. The van der Waals surface area contributed by atoms with Crippen LogP contribution in [0.25, 0.3) is 0 Å². The van der Waals surface area contributed by atoms with Crippen molar-refractivity contribution in [3.05, 3.63) is 64.7 Å². The lowest BCUT2D eigenvalue weighted by Gasteiger charge is -2.28. The molecule has 2 aromatic carbocycles. The van der Waals surface area contributed by atoms with Crippen LogP contribution in [0.1, 0.15) is 46.3 Å². The van der Waals surface area contributed by atoms with E-state index in [9.17, 15) is 4.79 Å². The van der Waals surface area contributed by atoms with E-state index in [2.05, 4.69) is 34.5 Å². The molecular formula is C21H26N2O. The summed E-state index contributed by atoms with van der Waals surface area (Å²) in [5, 5.41) is 3.02. The van der Waals surface area contributed by atoms with Gasteiger partial charge < -0.3 is 10.2 Å². The monoisotopic (exact) mass is 322 g/mol. The zero-order valence-electron chi connectivity index (χ0n) is 14.6. The van der Waals surface area contributed by atoms with E-state index in [-0.39, 0.29) is 5.91 Å². The summed E-state index contributed by atoms with van der Waals surface area (Å²) in [5.41, 5.74) is 5.38. The molecule has 0 unspecified atom stereocenters. The second-order valence-electron chi connectivity index (χ2n) is 6.72. The molecule has 1 aliphatic heterocycles. The Balaban J connectivity index is 1.59. The van der Waals surface area contributed by atoms with Crippen LogP contribution in [0.3, 0.4) is 0 Å². The van der Waals surface area contributed by atoms with Gasteiger partial charge >= 0.3 is 0 Å². The molecule has 1 amide bonds. The van der Waals surface area contributed by atoms with E-state index >= 15 is 0 Å². The molecule has 0 radical (unpaired) electrons. The number of piperidine rings is 1. The van der Waals surface area contributed by atoms with E-state index in [4.69, 9.17) is 0 Å². The number of rotatable bonds is 4. The zero-order valence-corrected chi connectivity index (χ0v) is 14.6. The van der Waals surface area contributed by atoms with Gasteiger partial charge in [0.2, 0.25) is 0 Å². The highest BCUT2D eigenvalue weighted by molar-refractivity contribution is 5.95. The zero-order chi connectivity index (χ0) is 16.9. The SMILES string of the molecule is Cc1ccc(C(=O)NCc2ccc(N3CCCCC3)cc2)c(C)c1. The predicted octanol–water partition coefficient (Wildman–Crippen LogP) is 4.22. The lowest BCUT2D eigenvalue weighted by molar-refractivity contribution is 0.0950. The summed E-state index contributed by atoms with van der Waals surface area (Å²) in [6.07, 6.45) is 3.92. The Morgan fingerprint density at radius 2 is 1.71 bits per heavy atom. The molecule has 0 saturated carbocycles.